The molecule has 2 atom stereocenters. The second-order valence-electron chi connectivity index (χ2n) is 7.46. The third kappa shape index (κ3) is 4.66. The Kier molecular flexibility index (Phi) is 6.00. The second kappa shape index (κ2) is 8.24. The Morgan fingerprint density at radius 2 is 1.69 bits per heavy atom. The van der Waals surface area contributed by atoms with Gasteiger partial charge >= 0.3 is 0 Å². The molecule has 0 radical (unpaired) electrons. The molecule has 3 rings (SSSR count). The Balaban J connectivity index is 1.62. The van der Waals surface area contributed by atoms with Gasteiger partial charge < -0.3 is 4.90 Å². The first kappa shape index (κ1) is 18.9. The zero-order chi connectivity index (χ0) is 18.7. The van der Waals surface area contributed by atoms with E-state index in [-0.39, 0.29) is 5.91 Å². The standard InChI is InChI=1S/C22H27ClN2O/c1-16-7-9-19(10-8-16)15-25-17(2)13-24(14-18(25)3)22(26)12-20-5-4-6-21(23)11-20/h4-11,17-18H,12-15H2,1-3H3. The summed E-state index contributed by atoms with van der Waals surface area (Å²) >= 11 is 6.03. The first-order chi connectivity index (χ1) is 12.4. The number of piperazine rings is 1. The summed E-state index contributed by atoms with van der Waals surface area (Å²) in [5, 5.41) is 0.681. The molecule has 0 N–H and O–H groups in total. The topological polar surface area (TPSA) is 23.6 Å². The molecule has 26 heavy (non-hydrogen) atoms. The number of hydrogen-bond acceptors (Lipinski definition) is 2. The van der Waals surface area contributed by atoms with Gasteiger partial charge in [0, 0.05) is 36.7 Å². The molecule has 0 spiro atoms. The Bertz CT molecular complexity index is 747. The number of carbonyl (C=O) groups is 1. The number of aryl methyl sites for hydroxylation is 1. The molecule has 1 saturated heterocycles. The summed E-state index contributed by atoms with van der Waals surface area (Å²) in [7, 11) is 0. The number of rotatable bonds is 4. The minimum atomic E-state index is 0.181. The van der Waals surface area contributed by atoms with E-state index in [1.54, 1.807) is 0 Å². The van der Waals surface area contributed by atoms with Gasteiger partial charge in [0.25, 0.3) is 0 Å². The predicted octanol–water partition coefficient (Wildman–Crippen LogP) is 4.31. The molecule has 1 aliphatic heterocycles. The SMILES string of the molecule is Cc1ccc(CN2C(C)CN(C(=O)Cc3cccc(Cl)c3)CC2C)cc1. The van der Waals surface area contributed by atoms with Crippen molar-refractivity contribution in [2.75, 3.05) is 13.1 Å². The molecule has 3 nitrogen and oxygen atoms in total. The zero-order valence-electron chi connectivity index (χ0n) is 15.8. The second-order valence-corrected chi connectivity index (χ2v) is 7.90. The number of carbonyl (C=O) groups excluding carboxylic acids is 1. The highest BCUT2D eigenvalue weighted by molar-refractivity contribution is 6.30. The van der Waals surface area contributed by atoms with Gasteiger partial charge in [-0.05, 0) is 44.0 Å². The lowest BCUT2D eigenvalue weighted by molar-refractivity contribution is -0.135. The van der Waals surface area contributed by atoms with Gasteiger partial charge in [0.15, 0.2) is 0 Å². The van der Waals surface area contributed by atoms with Crippen LogP contribution in [0, 0.1) is 6.92 Å². The lowest BCUT2D eigenvalue weighted by atomic mass is 10.0. The van der Waals surface area contributed by atoms with Gasteiger partial charge in [0.1, 0.15) is 0 Å². The maximum Gasteiger partial charge on any atom is 0.227 e. The highest BCUT2D eigenvalue weighted by atomic mass is 35.5. The smallest absolute Gasteiger partial charge is 0.227 e. The van der Waals surface area contributed by atoms with Crippen molar-refractivity contribution in [1.82, 2.24) is 9.80 Å². The van der Waals surface area contributed by atoms with Gasteiger partial charge in [-0.25, -0.2) is 0 Å². The monoisotopic (exact) mass is 370 g/mol. The van der Waals surface area contributed by atoms with Crippen LogP contribution in [0.4, 0.5) is 0 Å². The van der Waals surface area contributed by atoms with Crippen LogP contribution >= 0.6 is 11.6 Å². The van der Waals surface area contributed by atoms with Gasteiger partial charge in [-0.15, -0.1) is 0 Å². The van der Waals surface area contributed by atoms with Crippen LogP contribution in [0.15, 0.2) is 48.5 Å². The van der Waals surface area contributed by atoms with Gasteiger partial charge in [-0.3, -0.25) is 9.69 Å². The Morgan fingerprint density at radius 1 is 1.04 bits per heavy atom. The summed E-state index contributed by atoms with van der Waals surface area (Å²) in [6.07, 6.45) is 0.415. The van der Waals surface area contributed by atoms with Crippen molar-refractivity contribution in [3.63, 3.8) is 0 Å². The minimum Gasteiger partial charge on any atom is -0.339 e. The van der Waals surface area contributed by atoms with E-state index in [0.717, 1.165) is 25.2 Å². The molecule has 138 valence electrons. The van der Waals surface area contributed by atoms with Crippen molar-refractivity contribution in [1.29, 1.82) is 0 Å². The van der Waals surface area contributed by atoms with Crippen LogP contribution in [0.5, 0.6) is 0 Å². The van der Waals surface area contributed by atoms with Crippen LogP contribution in [0.1, 0.15) is 30.5 Å². The lowest BCUT2D eigenvalue weighted by Crippen LogP contribution is -2.57. The largest absolute Gasteiger partial charge is 0.339 e. The Hall–Kier alpha value is -1.84. The highest BCUT2D eigenvalue weighted by Gasteiger charge is 2.31. The summed E-state index contributed by atoms with van der Waals surface area (Å²) < 4.78 is 0. The zero-order valence-corrected chi connectivity index (χ0v) is 16.5. The van der Waals surface area contributed by atoms with Crippen molar-refractivity contribution in [2.45, 2.75) is 45.8 Å². The number of hydrogen-bond donors (Lipinski definition) is 0. The number of amides is 1. The van der Waals surface area contributed by atoms with Crippen molar-refractivity contribution in [3.05, 3.63) is 70.2 Å². The first-order valence-corrected chi connectivity index (χ1v) is 9.63. The van der Waals surface area contributed by atoms with Crippen LogP contribution in [0.25, 0.3) is 0 Å². The molecule has 1 heterocycles. The average Bonchev–Trinajstić information content (AvgIpc) is 2.59. The molecular formula is C22H27ClN2O. The number of halogens is 1. The summed E-state index contributed by atoms with van der Waals surface area (Å²) in [6.45, 7) is 9.01. The first-order valence-electron chi connectivity index (χ1n) is 9.26. The van der Waals surface area contributed by atoms with E-state index in [4.69, 9.17) is 11.6 Å². The van der Waals surface area contributed by atoms with Gasteiger partial charge in [-0.1, -0.05) is 53.6 Å². The van der Waals surface area contributed by atoms with Crippen molar-refractivity contribution in [2.24, 2.45) is 0 Å². The number of nitrogens with zero attached hydrogens (tertiary/aromatic N) is 2. The average molecular weight is 371 g/mol. The van der Waals surface area contributed by atoms with Crippen molar-refractivity contribution in [3.8, 4) is 0 Å². The van der Waals surface area contributed by atoms with Gasteiger partial charge in [0.05, 0.1) is 6.42 Å². The van der Waals surface area contributed by atoms with Crippen LogP contribution in [0.3, 0.4) is 0 Å². The fourth-order valence-corrected chi connectivity index (χ4v) is 3.92. The molecule has 0 saturated carbocycles. The summed E-state index contributed by atoms with van der Waals surface area (Å²) in [6, 6.07) is 17.0. The third-order valence-electron chi connectivity index (χ3n) is 5.18. The fourth-order valence-electron chi connectivity index (χ4n) is 3.71. The van der Waals surface area contributed by atoms with E-state index in [1.165, 1.54) is 11.1 Å². The van der Waals surface area contributed by atoms with Crippen molar-refractivity contribution < 1.29 is 4.79 Å². The molecule has 0 bridgehead atoms. The van der Waals surface area contributed by atoms with E-state index in [0.29, 0.717) is 23.5 Å². The van der Waals surface area contributed by atoms with Crippen LogP contribution < -0.4 is 0 Å². The van der Waals surface area contributed by atoms with Crippen molar-refractivity contribution >= 4 is 17.5 Å². The van der Waals surface area contributed by atoms with Crippen LogP contribution in [-0.4, -0.2) is 40.9 Å². The Labute approximate surface area is 161 Å². The summed E-state index contributed by atoms with van der Waals surface area (Å²) in [5.74, 6) is 0.181. The normalized spacial score (nSPS) is 21.0. The quantitative estimate of drug-likeness (QED) is 0.800. The summed E-state index contributed by atoms with van der Waals surface area (Å²) in [5.41, 5.74) is 3.59. The van der Waals surface area contributed by atoms with E-state index < -0.39 is 0 Å². The van der Waals surface area contributed by atoms with Gasteiger partial charge in [-0.2, -0.15) is 0 Å². The molecular weight excluding hydrogens is 344 g/mol. The minimum absolute atomic E-state index is 0.181. The third-order valence-corrected chi connectivity index (χ3v) is 5.42. The lowest BCUT2D eigenvalue weighted by Gasteiger charge is -2.44. The van der Waals surface area contributed by atoms with Crippen LogP contribution in [0.2, 0.25) is 5.02 Å². The molecule has 1 amide bonds. The maximum atomic E-state index is 12.7. The Morgan fingerprint density at radius 3 is 2.31 bits per heavy atom. The van der Waals surface area contributed by atoms with E-state index in [2.05, 4.69) is 49.9 Å². The van der Waals surface area contributed by atoms with E-state index in [9.17, 15) is 4.79 Å². The highest BCUT2D eigenvalue weighted by Crippen LogP contribution is 2.20. The maximum absolute atomic E-state index is 12.7. The van der Waals surface area contributed by atoms with Crippen LogP contribution in [-0.2, 0) is 17.8 Å². The fraction of sp³-hybridized carbons (Fsp3) is 0.409. The van der Waals surface area contributed by atoms with E-state index >= 15 is 0 Å². The number of benzene rings is 2. The molecule has 2 aromatic rings. The van der Waals surface area contributed by atoms with E-state index in [1.807, 2.05) is 29.2 Å². The predicted molar refractivity (Wildman–Crippen MR) is 107 cm³/mol. The molecule has 0 aromatic heterocycles. The van der Waals surface area contributed by atoms with Gasteiger partial charge in [0.2, 0.25) is 5.91 Å². The molecule has 2 unspecified atom stereocenters. The molecule has 2 aromatic carbocycles. The summed E-state index contributed by atoms with van der Waals surface area (Å²) in [4.78, 5) is 17.2. The molecule has 1 aliphatic rings. The molecule has 4 heteroatoms. The molecule has 0 aliphatic carbocycles. The molecule has 1 fully saturated rings.